The summed E-state index contributed by atoms with van der Waals surface area (Å²) < 4.78 is 0. The van der Waals surface area contributed by atoms with Crippen LogP contribution in [0.5, 0.6) is 0 Å². The van der Waals surface area contributed by atoms with Gasteiger partial charge >= 0.3 is 0 Å². The highest BCUT2D eigenvalue weighted by Crippen LogP contribution is 2.39. The van der Waals surface area contributed by atoms with E-state index in [1.165, 1.54) is 18.2 Å². The van der Waals surface area contributed by atoms with Crippen molar-refractivity contribution in [2.45, 2.75) is 13.3 Å². The van der Waals surface area contributed by atoms with Crippen LogP contribution in [0.4, 0.5) is 0 Å². The normalized spacial score (nSPS) is 22.1. The van der Waals surface area contributed by atoms with E-state index in [4.69, 9.17) is 23.2 Å². The van der Waals surface area contributed by atoms with Gasteiger partial charge in [0, 0.05) is 11.1 Å². The number of ketones is 1. The zero-order valence-electron chi connectivity index (χ0n) is 17.2. The van der Waals surface area contributed by atoms with Gasteiger partial charge in [0.1, 0.15) is 6.54 Å². The Balaban J connectivity index is 1.72. The number of amides is 3. The van der Waals surface area contributed by atoms with E-state index in [-0.39, 0.29) is 21.5 Å². The molecule has 2 aromatic rings. The van der Waals surface area contributed by atoms with Crippen LogP contribution in [-0.2, 0) is 9.59 Å². The van der Waals surface area contributed by atoms with Crippen LogP contribution in [-0.4, -0.2) is 40.1 Å². The standard InChI is InChI=1S/C24H20Cl2N2O4/c1-14-6-5-9-17-21(14)24(32)28(23(17)31)27(13-20(29)15-7-3-2-4-8-15)22(30)16-10-11-18(25)19(26)12-16/h2-8,10-12,14,17,21H,9,13H2,1H3/t14-,17+,21+/m0/s1. The number of allylic oxidation sites excluding steroid dienone is 2. The third kappa shape index (κ3) is 3.96. The van der Waals surface area contributed by atoms with Crippen molar-refractivity contribution in [2.24, 2.45) is 17.8 Å². The second-order valence-electron chi connectivity index (χ2n) is 7.92. The lowest BCUT2D eigenvalue weighted by Crippen LogP contribution is -2.52. The quantitative estimate of drug-likeness (QED) is 0.368. The molecule has 2 aromatic carbocycles. The van der Waals surface area contributed by atoms with Crippen molar-refractivity contribution in [2.75, 3.05) is 6.54 Å². The van der Waals surface area contributed by atoms with E-state index in [9.17, 15) is 19.2 Å². The molecule has 1 aliphatic carbocycles. The van der Waals surface area contributed by atoms with Crippen LogP contribution in [0.25, 0.3) is 0 Å². The monoisotopic (exact) mass is 470 g/mol. The smallest absolute Gasteiger partial charge is 0.273 e. The van der Waals surface area contributed by atoms with Gasteiger partial charge in [-0.3, -0.25) is 19.2 Å². The Kier molecular flexibility index (Phi) is 6.17. The highest BCUT2D eigenvalue weighted by atomic mass is 35.5. The van der Waals surface area contributed by atoms with Gasteiger partial charge in [-0.15, -0.1) is 0 Å². The summed E-state index contributed by atoms with van der Waals surface area (Å²) in [7, 11) is 0. The molecule has 0 bridgehead atoms. The third-order valence-corrected chi connectivity index (χ3v) is 6.62. The lowest BCUT2D eigenvalue weighted by Gasteiger charge is -2.30. The molecule has 32 heavy (non-hydrogen) atoms. The fraction of sp³-hybridized carbons (Fsp3) is 0.250. The van der Waals surface area contributed by atoms with E-state index in [0.29, 0.717) is 12.0 Å². The number of benzene rings is 2. The molecule has 3 amide bonds. The van der Waals surface area contributed by atoms with Crippen LogP contribution in [0.15, 0.2) is 60.7 Å². The molecule has 2 aliphatic rings. The zero-order chi connectivity index (χ0) is 23.0. The predicted octanol–water partition coefficient (Wildman–Crippen LogP) is 4.43. The molecule has 8 heteroatoms. The van der Waals surface area contributed by atoms with Gasteiger partial charge in [0.2, 0.25) is 0 Å². The number of hydrogen-bond acceptors (Lipinski definition) is 4. The third-order valence-electron chi connectivity index (χ3n) is 5.88. The fourth-order valence-corrected chi connectivity index (χ4v) is 4.53. The highest BCUT2D eigenvalue weighted by molar-refractivity contribution is 6.42. The molecule has 0 unspecified atom stereocenters. The Morgan fingerprint density at radius 3 is 2.38 bits per heavy atom. The molecule has 164 valence electrons. The van der Waals surface area contributed by atoms with Crippen molar-refractivity contribution in [1.82, 2.24) is 10.0 Å². The number of carbonyl (C=O) groups is 4. The minimum atomic E-state index is -0.686. The van der Waals surface area contributed by atoms with Crippen molar-refractivity contribution in [1.29, 1.82) is 0 Å². The first kappa shape index (κ1) is 22.2. The molecule has 1 heterocycles. The lowest BCUT2D eigenvalue weighted by atomic mass is 9.78. The average Bonchev–Trinajstić information content (AvgIpc) is 3.05. The minimum absolute atomic E-state index is 0.113. The summed E-state index contributed by atoms with van der Waals surface area (Å²) in [6.45, 7) is 1.39. The molecule has 1 fully saturated rings. The molecule has 0 aromatic heterocycles. The van der Waals surface area contributed by atoms with Gasteiger partial charge in [-0.2, -0.15) is 5.01 Å². The predicted molar refractivity (Wildman–Crippen MR) is 120 cm³/mol. The molecule has 1 saturated heterocycles. The van der Waals surface area contributed by atoms with E-state index in [1.54, 1.807) is 30.3 Å². The second kappa shape index (κ2) is 8.88. The lowest BCUT2D eigenvalue weighted by molar-refractivity contribution is -0.154. The highest BCUT2D eigenvalue weighted by Gasteiger charge is 2.53. The van der Waals surface area contributed by atoms with E-state index in [2.05, 4.69) is 0 Å². The van der Waals surface area contributed by atoms with Crippen LogP contribution < -0.4 is 0 Å². The number of hydrazine groups is 1. The van der Waals surface area contributed by atoms with Gasteiger partial charge in [-0.05, 0) is 30.5 Å². The topological polar surface area (TPSA) is 74.8 Å². The number of hydrogen-bond donors (Lipinski definition) is 0. The zero-order valence-corrected chi connectivity index (χ0v) is 18.7. The first-order chi connectivity index (χ1) is 15.3. The van der Waals surface area contributed by atoms with Crippen molar-refractivity contribution in [3.63, 3.8) is 0 Å². The van der Waals surface area contributed by atoms with Crippen LogP contribution in [0, 0.1) is 17.8 Å². The summed E-state index contributed by atoms with van der Waals surface area (Å²) in [5.41, 5.74) is 0.480. The summed E-state index contributed by atoms with van der Waals surface area (Å²) in [6, 6.07) is 12.6. The minimum Gasteiger partial charge on any atom is -0.292 e. The van der Waals surface area contributed by atoms with Crippen molar-refractivity contribution in [3.8, 4) is 0 Å². The Hall–Kier alpha value is -2.96. The van der Waals surface area contributed by atoms with Crippen molar-refractivity contribution in [3.05, 3.63) is 81.9 Å². The Labute approximate surface area is 195 Å². The number of fused-ring (bicyclic) bond motifs is 1. The maximum Gasteiger partial charge on any atom is 0.273 e. The summed E-state index contributed by atoms with van der Waals surface area (Å²) in [5, 5.41) is 2.20. The van der Waals surface area contributed by atoms with Crippen LogP contribution in [0.1, 0.15) is 34.1 Å². The van der Waals surface area contributed by atoms with E-state index in [0.717, 1.165) is 10.0 Å². The van der Waals surface area contributed by atoms with E-state index >= 15 is 0 Å². The molecule has 0 saturated carbocycles. The summed E-state index contributed by atoms with van der Waals surface area (Å²) in [6.07, 6.45) is 4.19. The van der Waals surface area contributed by atoms with Gasteiger partial charge in [0.25, 0.3) is 17.7 Å². The Morgan fingerprint density at radius 1 is 1.00 bits per heavy atom. The number of carbonyl (C=O) groups excluding carboxylic acids is 4. The molecular formula is C24H20Cl2N2O4. The van der Waals surface area contributed by atoms with Gasteiger partial charge < -0.3 is 0 Å². The molecule has 0 spiro atoms. The first-order valence-corrected chi connectivity index (χ1v) is 10.9. The summed E-state index contributed by atoms with van der Waals surface area (Å²) >= 11 is 12.0. The summed E-state index contributed by atoms with van der Waals surface area (Å²) in [5.74, 6) is -3.32. The Morgan fingerprint density at radius 2 is 1.72 bits per heavy atom. The number of nitrogens with zero attached hydrogens (tertiary/aromatic N) is 2. The molecule has 0 N–H and O–H groups in total. The molecule has 6 nitrogen and oxygen atoms in total. The van der Waals surface area contributed by atoms with Crippen molar-refractivity contribution >= 4 is 46.7 Å². The number of Topliss-reactive ketones (excluding diaryl/α,β-unsaturated/α-hetero) is 1. The number of rotatable bonds is 5. The molecule has 1 aliphatic heterocycles. The van der Waals surface area contributed by atoms with E-state index < -0.39 is 41.9 Å². The van der Waals surface area contributed by atoms with Gasteiger partial charge in [0.05, 0.1) is 21.9 Å². The van der Waals surface area contributed by atoms with Crippen LogP contribution in [0.3, 0.4) is 0 Å². The average molecular weight is 471 g/mol. The Bertz CT molecular complexity index is 1130. The molecule has 4 rings (SSSR count). The number of imide groups is 1. The molecule has 0 radical (unpaired) electrons. The SMILES string of the molecule is C[C@H]1C=CC[C@H]2C(=O)N(N(CC(=O)c3ccccc3)C(=O)c3ccc(Cl)c(Cl)c3)C(=O)[C@H]12. The van der Waals surface area contributed by atoms with E-state index in [1.807, 2.05) is 19.1 Å². The van der Waals surface area contributed by atoms with Crippen molar-refractivity contribution < 1.29 is 19.2 Å². The van der Waals surface area contributed by atoms with Crippen LogP contribution >= 0.6 is 23.2 Å². The maximum atomic E-state index is 13.5. The largest absolute Gasteiger partial charge is 0.292 e. The first-order valence-electron chi connectivity index (χ1n) is 10.2. The van der Waals surface area contributed by atoms with Gasteiger partial charge in [0.15, 0.2) is 5.78 Å². The van der Waals surface area contributed by atoms with Crippen LogP contribution in [0.2, 0.25) is 10.0 Å². The van der Waals surface area contributed by atoms with Gasteiger partial charge in [-0.25, -0.2) is 5.01 Å². The van der Waals surface area contributed by atoms with Gasteiger partial charge in [-0.1, -0.05) is 72.6 Å². The fourth-order valence-electron chi connectivity index (χ4n) is 4.23. The molecular weight excluding hydrogens is 451 g/mol. The maximum absolute atomic E-state index is 13.5. The summed E-state index contributed by atoms with van der Waals surface area (Å²) in [4.78, 5) is 52.9. The second-order valence-corrected chi connectivity index (χ2v) is 8.74. The molecule has 3 atom stereocenters. The number of halogens is 2.